The minimum atomic E-state index is -0.384. The first kappa shape index (κ1) is 19.8. The zero-order valence-electron chi connectivity index (χ0n) is 16.4. The van der Waals surface area contributed by atoms with Gasteiger partial charge in [-0.1, -0.05) is 19.1 Å². The molecule has 1 aromatic heterocycles. The smallest absolute Gasteiger partial charge is 0.340 e. The number of rotatable bonds is 6. The van der Waals surface area contributed by atoms with E-state index in [1.165, 1.54) is 0 Å². The maximum atomic E-state index is 12.8. The van der Waals surface area contributed by atoms with E-state index in [-0.39, 0.29) is 11.9 Å². The average molecular weight is 382 g/mol. The molecule has 0 spiro atoms. The fraction of sp³-hybridized carbons (Fsp3) is 0.381. The molecule has 2 heterocycles. The minimum Gasteiger partial charge on any atom is -0.462 e. The summed E-state index contributed by atoms with van der Waals surface area (Å²) in [6.07, 6.45) is 1.60. The van der Waals surface area contributed by atoms with Crippen LogP contribution >= 0.6 is 0 Å². The first-order chi connectivity index (χ1) is 13.6. The Morgan fingerprint density at radius 1 is 1.11 bits per heavy atom. The van der Waals surface area contributed by atoms with Gasteiger partial charge in [-0.3, -0.25) is 9.78 Å². The normalized spacial score (nSPS) is 14.6. The molecular weight excluding hydrogens is 356 g/mol. The van der Waals surface area contributed by atoms with Crippen molar-refractivity contribution in [1.82, 2.24) is 14.8 Å². The van der Waals surface area contributed by atoms with Gasteiger partial charge in [0.05, 0.1) is 17.9 Å². The highest BCUT2D eigenvalue weighted by atomic mass is 16.5. The Hall–Kier alpha value is -2.93. The van der Waals surface area contributed by atoms with Crippen LogP contribution in [0.1, 0.15) is 34.7 Å². The van der Waals surface area contributed by atoms with Crippen LogP contribution in [-0.4, -0.2) is 66.0 Å². The summed E-state index contributed by atoms with van der Waals surface area (Å²) in [5.74, 6) is -0.456. The van der Waals surface area contributed by atoms with Crippen molar-refractivity contribution in [3.63, 3.8) is 0 Å². The van der Waals surface area contributed by atoms with E-state index in [4.69, 9.17) is 4.74 Å². The van der Waals surface area contributed by atoms with Crippen LogP contribution in [0, 0.1) is 0 Å². The van der Waals surface area contributed by atoms with Crippen LogP contribution in [-0.2, 0) is 4.74 Å². The molecule has 3 rings (SSSR count). The molecule has 1 N–H and O–H groups in total. The van der Waals surface area contributed by atoms with Gasteiger partial charge >= 0.3 is 5.97 Å². The van der Waals surface area contributed by atoms with Crippen LogP contribution in [0.25, 0.3) is 0 Å². The quantitative estimate of drug-likeness (QED) is 0.775. The number of esters is 1. The summed E-state index contributed by atoms with van der Waals surface area (Å²) in [6.45, 7) is 8.39. The summed E-state index contributed by atoms with van der Waals surface area (Å²) in [5, 5.41) is 3.21. The third-order valence-corrected chi connectivity index (χ3v) is 4.79. The monoisotopic (exact) mass is 382 g/mol. The number of aromatic nitrogens is 1. The van der Waals surface area contributed by atoms with E-state index in [1.807, 2.05) is 11.0 Å². The lowest BCUT2D eigenvalue weighted by atomic mass is 10.1. The predicted molar refractivity (Wildman–Crippen MR) is 108 cm³/mol. The molecule has 28 heavy (non-hydrogen) atoms. The van der Waals surface area contributed by atoms with Gasteiger partial charge < -0.3 is 19.9 Å². The fourth-order valence-electron chi connectivity index (χ4n) is 3.19. The second-order valence-electron chi connectivity index (χ2n) is 6.55. The number of nitrogens with one attached hydrogen (secondary N) is 1. The molecule has 7 heteroatoms. The number of likely N-dealkylation sites (N-methyl/N-ethyl adjacent to an activating group) is 1. The molecule has 1 amide bonds. The summed E-state index contributed by atoms with van der Waals surface area (Å²) in [4.78, 5) is 33.4. The molecule has 0 atom stereocenters. The Bertz CT molecular complexity index is 832. The number of hydrogen-bond acceptors (Lipinski definition) is 6. The number of nitrogens with zero attached hydrogens (tertiary/aromatic N) is 3. The number of para-hydroxylation sites is 1. The highest BCUT2D eigenvalue weighted by Gasteiger charge is 2.22. The molecule has 0 saturated carbocycles. The summed E-state index contributed by atoms with van der Waals surface area (Å²) < 4.78 is 5.11. The van der Waals surface area contributed by atoms with E-state index < -0.39 is 0 Å². The second kappa shape index (κ2) is 9.32. The van der Waals surface area contributed by atoms with Gasteiger partial charge in [0.2, 0.25) is 0 Å². The first-order valence-electron chi connectivity index (χ1n) is 9.63. The highest BCUT2D eigenvalue weighted by Crippen LogP contribution is 2.22. The van der Waals surface area contributed by atoms with E-state index in [9.17, 15) is 9.59 Å². The molecule has 1 aliphatic heterocycles. The lowest BCUT2D eigenvalue weighted by Crippen LogP contribution is -2.48. The van der Waals surface area contributed by atoms with E-state index >= 15 is 0 Å². The van der Waals surface area contributed by atoms with Crippen LogP contribution in [0.15, 0.2) is 42.6 Å². The number of anilines is 2. The highest BCUT2D eigenvalue weighted by molar-refractivity contribution is 5.97. The van der Waals surface area contributed by atoms with E-state index in [0.29, 0.717) is 42.3 Å². The third kappa shape index (κ3) is 4.67. The summed E-state index contributed by atoms with van der Waals surface area (Å²) in [6, 6.07) is 10.6. The summed E-state index contributed by atoms with van der Waals surface area (Å²) in [5.41, 5.74) is 2.16. The van der Waals surface area contributed by atoms with Gasteiger partial charge in [-0.15, -0.1) is 0 Å². The number of ether oxygens (including phenoxy) is 1. The Morgan fingerprint density at radius 2 is 1.86 bits per heavy atom. The minimum absolute atomic E-state index is 0.0712. The van der Waals surface area contributed by atoms with Crippen LogP contribution in [0.3, 0.4) is 0 Å². The molecule has 0 unspecified atom stereocenters. The molecule has 2 aromatic rings. The zero-order chi connectivity index (χ0) is 19.9. The van der Waals surface area contributed by atoms with Crippen LogP contribution in [0.2, 0.25) is 0 Å². The maximum absolute atomic E-state index is 12.8. The molecule has 1 aromatic carbocycles. The van der Waals surface area contributed by atoms with Gasteiger partial charge in [0.25, 0.3) is 5.91 Å². The van der Waals surface area contributed by atoms with Crippen molar-refractivity contribution in [1.29, 1.82) is 0 Å². The van der Waals surface area contributed by atoms with Crippen molar-refractivity contribution in [2.45, 2.75) is 13.8 Å². The van der Waals surface area contributed by atoms with Crippen molar-refractivity contribution >= 4 is 23.3 Å². The van der Waals surface area contributed by atoms with E-state index in [1.54, 1.807) is 43.5 Å². The van der Waals surface area contributed by atoms with Gasteiger partial charge in [0.15, 0.2) is 0 Å². The van der Waals surface area contributed by atoms with Gasteiger partial charge in [-0.2, -0.15) is 0 Å². The van der Waals surface area contributed by atoms with Crippen molar-refractivity contribution in [2.75, 3.05) is 44.6 Å². The molecular formula is C21H26N4O3. The Kier molecular flexibility index (Phi) is 6.60. The zero-order valence-corrected chi connectivity index (χ0v) is 16.4. The fourth-order valence-corrected chi connectivity index (χ4v) is 3.19. The average Bonchev–Trinajstić information content (AvgIpc) is 2.74. The second-order valence-corrected chi connectivity index (χ2v) is 6.55. The summed E-state index contributed by atoms with van der Waals surface area (Å²) in [7, 11) is 0. The van der Waals surface area contributed by atoms with E-state index in [0.717, 1.165) is 19.6 Å². The molecule has 7 nitrogen and oxygen atoms in total. The number of hydrogen-bond donors (Lipinski definition) is 1. The number of amides is 1. The van der Waals surface area contributed by atoms with Gasteiger partial charge in [0, 0.05) is 38.1 Å². The van der Waals surface area contributed by atoms with Crippen molar-refractivity contribution in [2.24, 2.45) is 0 Å². The van der Waals surface area contributed by atoms with Crippen LogP contribution in [0.5, 0.6) is 0 Å². The molecule has 0 bridgehead atoms. The predicted octanol–water partition coefficient (Wildman–Crippen LogP) is 2.78. The molecule has 1 aliphatic rings. The Balaban J connectivity index is 1.74. The lowest BCUT2D eigenvalue weighted by molar-refractivity contribution is 0.0527. The lowest BCUT2D eigenvalue weighted by Gasteiger charge is -2.33. The molecule has 0 radical (unpaired) electrons. The molecule has 0 aliphatic carbocycles. The largest absolute Gasteiger partial charge is 0.462 e. The number of piperazine rings is 1. The number of benzene rings is 1. The number of carbonyl (C=O) groups is 2. The van der Waals surface area contributed by atoms with E-state index in [2.05, 4.69) is 22.1 Å². The molecule has 1 saturated heterocycles. The maximum Gasteiger partial charge on any atom is 0.340 e. The Morgan fingerprint density at radius 3 is 2.57 bits per heavy atom. The third-order valence-electron chi connectivity index (χ3n) is 4.79. The van der Waals surface area contributed by atoms with Gasteiger partial charge in [-0.25, -0.2) is 4.79 Å². The first-order valence-corrected chi connectivity index (χ1v) is 9.63. The number of pyridine rings is 1. The topological polar surface area (TPSA) is 74.8 Å². The standard InChI is InChI=1S/C21H26N4O3/c1-3-24-11-13-25(14-12-24)20(26)19-15-16(9-10-22-19)23-18-8-6-5-7-17(18)21(27)28-4-2/h5-10,15H,3-4,11-14H2,1-2H3,(H,22,23). The van der Waals surface area contributed by atoms with Crippen molar-refractivity contribution in [3.05, 3.63) is 53.9 Å². The molecule has 1 fully saturated rings. The van der Waals surface area contributed by atoms with Crippen molar-refractivity contribution in [3.8, 4) is 0 Å². The van der Waals surface area contributed by atoms with Crippen LogP contribution in [0.4, 0.5) is 11.4 Å². The van der Waals surface area contributed by atoms with Gasteiger partial charge in [0.1, 0.15) is 5.69 Å². The summed E-state index contributed by atoms with van der Waals surface area (Å²) >= 11 is 0. The molecule has 148 valence electrons. The van der Waals surface area contributed by atoms with Gasteiger partial charge in [-0.05, 0) is 37.7 Å². The number of carbonyl (C=O) groups excluding carboxylic acids is 2. The van der Waals surface area contributed by atoms with Crippen LogP contribution < -0.4 is 5.32 Å². The van der Waals surface area contributed by atoms with Crippen molar-refractivity contribution < 1.29 is 14.3 Å². The SMILES string of the molecule is CCOC(=O)c1ccccc1Nc1ccnc(C(=O)N2CCN(CC)CC2)c1. The Labute approximate surface area is 165 Å².